The lowest BCUT2D eigenvalue weighted by Crippen LogP contribution is -2.62. The quantitative estimate of drug-likeness (QED) is 0.919. The van der Waals surface area contributed by atoms with Gasteiger partial charge in [0.1, 0.15) is 5.82 Å². The highest BCUT2D eigenvalue weighted by Gasteiger charge is 2.45. The SMILES string of the molecule is CC1CNC(C)(C2CC2)CN1Cc1cccc(Cl)c1F. The van der Waals surface area contributed by atoms with Gasteiger partial charge in [-0.05, 0) is 38.7 Å². The first-order valence-corrected chi connectivity index (χ1v) is 7.79. The number of piperazine rings is 1. The zero-order chi connectivity index (χ0) is 14.3. The highest BCUT2D eigenvalue weighted by Crippen LogP contribution is 2.41. The molecule has 0 aromatic heterocycles. The van der Waals surface area contributed by atoms with Crippen molar-refractivity contribution in [2.45, 2.75) is 44.8 Å². The summed E-state index contributed by atoms with van der Waals surface area (Å²) in [5.74, 6) is 0.509. The van der Waals surface area contributed by atoms with E-state index in [9.17, 15) is 4.39 Å². The molecule has 20 heavy (non-hydrogen) atoms. The molecule has 1 heterocycles. The Hall–Kier alpha value is -0.640. The second-order valence-corrected chi connectivity index (χ2v) is 6.95. The molecule has 3 rings (SSSR count). The van der Waals surface area contributed by atoms with Crippen LogP contribution < -0.4 is 5.32 Å². The van der Waals surface area contributed by atoms with E-state index in [2.05, 4.69) is 24.1 Å². The van der Waals surface area contributed by atoms with E-state index in [1.165, 1.54) is 12.8 Å². The van der Waals surface area contributed by atoms with E-state index in [4.69, 9.17) is 11.6 Å². The summed E-state index contributed by atoms with van der Waals surface area (Å²) in [7, 11) is 0. The number of hydrogen-bond donors (Lipinski definition) is 1. The summed E-state index contributed by atoms with van der Waals surface area (Å²) >= 11 is 5.88. The summed E-state index contributed by atoms with van der Waals surface area (Å²) in [5.41, 5.74) is 0.881. The topological polar surface area (TPSA) is 15.3 Å². The van der Waals surface area contributed by atoms with Crippen LogP contribution >= 0.6 is 11.6 Å². The van der Waals surface area contributed by atoms with E-state index < -0.39 is 0 Å². The van der Waals surface area contributed by atoms with Gasteiger partial charge in [-0.2, -0.15) is 0 Å². The van der Waals surface area contributed by atoms with Crippen molar-refractivity contribution in [1.29, 1.82) is 0 Å². The van der Waals surface area contributed by atoms with Gasteiger partial charge in [-0.1, -0.05) is 23.7 Å². The Bertz CT molecular complexity index is 503. The van der Waals surface area contributed by atoms with Gasteiger partial charge in [0.2, 0.25) is 0 Å². The van der Waals surface area contributed by atoms with Gasteiger partial charge in [-0.25, -0.2) is 4.39 Å². The molecule has 2 atom stereocenters. The summed E-state index contributed by atoms with van der Waals surface area (Å²) in [6.45, 7) is 7.08. The number of nitrogens with zero attached hydrogens (tertiary/aromatic N) is 1. The predicted octanol–water partition coefficient (Wildman–Crippen LogP) is 3.44. The maximum Gasteiger partial charge on any atom is 0.146 e. The van der Waals surface area contributed by atoms with E-state index in [0.29, 0.717) is 18.2 Å². The van der Waals surface area contributed by atoms with Crippen molar-refractivity contribution in [3.8, 4) is 0 Å². The van der Waals surface area contributed by atoms with Crippen molar-refractivity contribution in [2.75, 3.05) is 13.1 Å². The fourth-order valence-electron chi connectivity index (χ4n) is 3.24. The van der Waals surface area contributed by atoms with E-state index in [1.807, 2.05) is 12.1 Å². The van der Waals surface area contributed by atoms with Gasteiger partial charge in [0.05, 0.1) is 5.02 Å². The number of hydrogen-bond acceptors (Lipinski definition) is 2. The molecule has 1 aliphatic carbocycles. The minimum absolute atomic E-state index is 0.182. The lowest BCUT2D eigenvalue weighted by Gasteiger charge is -2.45. The highest BCUT2D eigenvalue weighted by atomic mass is 35.5. The van der Waals surface area contributed by atoms with Gasteiger partial charge >= 0.3 is 0 Å². The maximum atomic E-state index is 14.1. The molecule has 4 heteroatoms. The first-order valence-electron chi connectivity index (χ1n) is 7.41. The number of benzene rings is 1. The molecule has 110 valence electrons. The number of halogens is 2. The number of nitrogens with one attached hydrogen (secondary N) is 1. The fraction of sp³-hybridized carbons (Fsp3) is 0.625. The Morgan fingerprint density at radius 3 is 2.90 bits per heavy atom. The molecule has 0 radical (unpaired) electrons. The van der Waals surface area contributed by atoms with Gasteiger partial charge in [-0.3, -0.25) is 4.90 Å². The summed E-state index contributed by atoms with van der Waals surface area (Å²) in [4.78, 5) is 2.38. The monoisotopic (exact) mass is 296 g/mol. The van der Waals surface area contributed by atoms with Crippen LogP contribution in [-0.2, 0) is 6.54 Å². The van der Waals surface area contributed by atoms with Crippen molar-refractivity contribution in [3.05, 3.63) is 34.6 Å². The highest BCUT2D eigenvalue weighted by molar-refractivity contribution is 6.30. The minimum Gasteiger partial charge on any atom is -0.308 e. The Morgan fingerprint density at radius 2 is 2.20 bits per heavy atom. The zero-order valence-corrected chi connectivity index (χ0v) is 12.9. The van der Waals surface area contributed by atoms with Crippen LogP contribution in [0.25, 0.3) is 0 Å². The number of rotatable bonds is 3. The van der Waals surface area contributed by atoms with Crippen LogP contribution in [0.1, 0.15) is 32.3 Å². The molecule has 1 aromatic carbocycles. The lowest BCUT2D eigenvalue weighted by atomic mass is 9.91. The van der Waals surface area contributed by atoms with E-state index >= 15 is 0 Å². The predicted molar refractivity (Wildman–Crippen MR) is 80.4 cm³/mol. The van der Waals surface area contributed by atoms with Crippen LogP contribution in [0.4, 0.5) is 4.39 Å². The second kappa shape index (κ2) is 5.28. The third-order valence-electron chi connectivity index (χ3n) is 4.84. The molecule has 2 fully saturated rings. The Kier molecular flexibility index (Phi) is 3.78. The Labute approximate surface area is 125 Å². The molecule has 0 bridgehead atoms. The van der Waals surface area contributed by atoms with Crippen molar-refractivity contribution in [3.63, 3.8) is 0 Å². The van der Waals surface area contributed by atoms with Crippen molar-refractivity contribution < 1.29 is 4.39 Å². The Balaban J connectivity index is 1.76. The molecule has 2 aliphatic rings. The van der Waals surface area contributed by atoms with Crippen LogP contribution in [-0.4, -0.2) is 29.6 Å². The lowest BCUT2D eigenvalue weighted by molar-refractivity contribution is 0.0761. The first-order chi connectivity index (χ1) is 9.49. The standard InChI is InChI=1S/C16H22ClFN2/c1-11-8-19-16(2,13-6-7-13)10-20(11)9-12-4-3-5-14(17)15(12)18/h3-5,11,13,19H,6-10H2,1-2H3. The van der Waals surface area contributed by atoms with Crippen LogP contribution in [0, 0.1) is 11.7 Å². The summed E-state index contributed by atoms with van der Waals surface area (Å²) in [5, 5.41) is 3.91. The summed E-state index contributed by atoms with van der Waals surface area (Å²) in [6, 6.07) is 5.69. The van der Waals surface area contributed by atoms with Crippen LogP contribution in [0.3, 0.4) is 0 Å². The molecule has 2 unspecified atom stereocenters. The molecule has 2 nitrogen and oxygen atoms in total. The molecule has 0 spiro atoms. The molecule has 1 aliphatic heterocycles. The molecular weight excluding hydrogens is 275 g/mol. The molecule has 1 aromatic rings. The van der Waals surface area contributed by atoms with Gasteiger partial charge in [0.15, 0.2) is 0 Å². The van der Waals surface area contributed by atoms with Crippen LogP contribution in [0.5, 0.6) is 0 Å². The minimum atomic E-state index is -0.270. The molecule has 1 saturated carbocycles. The smallest absolute Gasteiger partial charge is 0.146 e. The van der Waals surface area contributed by atoms with Gasteiger partial charge in [0, 0.05) is 36.8 Å². The van der Waals surface area contributed by atoms with Crippen molar-refractivity contribution in [2.24, 2.45) is 5.92 Å². The Morgan fingerprint density at radius 1 is 1.45 bits per heavy atom. The summed E-state index contributed by atoms with van der Waals surface area (Å²) in [6.07, 6.45) is 2.63. The zero-order valence-electron chi connectivity index (χ0n) is 12.1. The van der Waals surface area contributed by atoms with Crippen LogP contribution in [0.15, 0.2) is 18.2 Å². The van der Waals surface area contributed by atoms with Gasteiger partial charge in [-0.15, -0.1) is 0 Å². The summed E-state index contributed by atoms with van der Waals surface area (Å²) < 4.78 is 14.1. The average Bonchev–Trinajstić information content (AvgIpc) is 3.24. The van der Waals surface area contributed by atoms with Gasteiger partial charge < -0.3 is 5.32 Å². The van der Waals surface area contributed by atoms with E-state index in [1.54, 1.807) is 6.07 Å². The van der Waals surface area contributed by atoms with Gasteiger partial charge in [0.25, 0.3) is 0 Å². The fourth-order valence-corrected chi connectivity index (χ4v) is 3.43. The molecule has 1 N–H and O–H groups in total. The van der Waals surface area contributed by atoms with Crippen LogP contribution in [0.2, 0.25) is 5.02 Å². The normalized spacial score (nSPS) is 31.5. The van der Waals surface area contributed by atoms with Crippen molar-refractivity contribution >= 4 is 11.6 Å². The largest absolute Gasteiger partial charge is 0.308 e. The molecule has 0 amide bonds. The second-order valence-electron chi connectivity index (χ2n) is 6.54. The van der Waals surface area contributed by atoms with E-state index in [0.717, 1.165) is 19.0 Å². The molecular formula is C16H22ClFN2. The molecule has 1 saturated heterocycles. The first kappa shape index (κ1) is 14.3. The third-order valence-corrected chi connectivity index (χ3v) is 5.13. The third kappa shape index (κ3) is 2.72. The van der Waals surface area contributed by atoms with E-state index in [-0.39, 0.29) is 16.4 Å². The average molecular weight is 297 g/mol. The maximum absolute atomic E-state index is 14.1. The van der Waals surface area contributed by atoms with Crippen molar-refractivity contribution in [1.82, 2.24) is 10.2 Å².